The second-order valence-corrected chi connectivity index (χ2v) is 4.82. The van der Waals surface area contributed by atoms with Gasteiger partial charge in [-0.2, -0.15) is 0 Å². The van der Waals surface area contributed by atoms with Crippen LogP contribution in [0.2, 0.25) is 0 Å². The van der Waals surface area contributed by atoms with E-state index in [4.69, 9.17) is 14.6 Å². The highest BCUT2D eigenvalue weighted by Crippen LogP contribution is 2.02. The number of carboxylic acids is 1. The van der Waals surface area contributed by atoms with Gasteiger partial charge in [0.05, 0.1) is 25.2 Å². The summed E-state index contributed by atoms with van der Waals surface area (Å²) in [5.41, 5.74) is 0. The summed E-state index contributed by atoms with van der Waals surface area (Å²) in [5, 5.41) is 14.1. The largest absolute Gasteiger partial charge is 0.481 e. The Hall–Kier alpha value is -1.34. The molecule has 2 atom stereocenters. The molecule has 2 unspecified atom stereocenters. The molecular weight excluding hydrogens is 264 g/mol. The van der Waals surface area contributed by atoms with Crippen molar-refractivity contribution in [3.05, 3.63) is 0 Å². The van der Waals surface area contributed by atoms with E-state index in [2.05, 4.69) is 10.6 Å². The van der Waals surface area contributed by atoms with Crippen molar-refractivity contribution in [3.63, 3.8) is 0 Å². The van der Waals surface area contributed by atoms with Gasteiger partial charge in [-0.15, -0.1) is 0 Å². The maximum atomic E-state index is 11.7. The van der Waals surface area contributed by atoms with E-state index in [1.54, 1.807) is 0 Å². The quantitative estimate of drug-likeness (QED) is 0.554. The minimum absolute atomic E-state index is 0.0876. The maximum Gasteiger partial charge on any atom is 0.315 e. The van der Waals surface area contributed by atoms with Crippen LogP contribution < -0.4 is 10.6 Å². The molecule has 0 heterocycles. The molecule has 0 spiro atoms. The van der Waals surface area contributed by atoms with Crippen molar-refractivity contribution in [1.82, 2.24) is 10.6 Å². The lowest BCUT2D eigenvalue weighted by Crippen LogP contribution is -2.48. The normalized spacial score (nSPS) is 13.8. The fraction of sp³-hybridized carbons (Fsp3) is 0.846. The van der Waals surface area contributed by atoms with Crippen LogP contribution in [-0.2, 0) is 14.3 Å². The smallest absolute Gasteiger partial charge is 0.315 e. The van der Waals surface area contributed by atoms with Gasteiger partial charge in [-0.25, -0.2) is 4.79 Å². The molecule has 0 saturated heterocycles. The van der Waals surface area contributed by atoms with Crippen LogP contribution in [0.5, 0.6) is 0 Å². The van der Waals surface area contributed by atoms with Gasteiger partial charge in [0.15, 0.2) is 0 Å². The van der Waals surface area contributed by atoms with Crippen LogP contribution in [0.25, 0.3) is 0 Å². The average molecular weight is 290 g/mol. The lowest BCUT2D eigenvalue weighted by atomic mass is 10.1. The SMILES string of the molecule is CCOCC(NC(=O)NCC(CC(=O)O)OC)C(C)C. The van der Waals surface area contributed by atoms with Crippen molar-refractivity contribution in [2.45, 2.75) is 39.3 Å². The highest BCUT2D eigenvalue weighted by atomic mass is 16.5. The molecular formula is C13H26N2O5. The predicted molar refractivity (Wildman–Crippen MR) is 74.7 cm³/mol. The van der Waals surface area contributed by atoms with Gasteiger partial charge >= 0.3 is 12.0 Å². The van der Waals surface area contributed by atoms with Gasteiger partial charge in [-0.05, 0) is 12.8 Å². The second-order valence-electron chi connectivity index (χ2n) is 4.82. The lowest BCUT2D eigenvalue weighted by molar-refractivity contribution is -0.139. The average Bonchev–Trinajstić information content (AvgIpc) is 2.38. The lowest BCUT2D eigenvalue weighted by Gasteiger charge is -2.23. The van der Waals surface area contributed by atoms with Crippen molar-refractivity contribution in [3.8, 4) is 0 Å². The number of nitrogens with one attached hydrogen (secondary N) is 2. The summed E-state index contributed by atoms with van der Waals surface area (Å²) in [6.07, 6.45) is -0.689. The number of carbonyl (C=O) groups excluding carboxylic acids is 1. The number of aliphatic carboxylic acids is 1. The van der Waals surface area contributed by atoms with E-state index in [1.807, 2.05) is 20.8 Å². The maximum absolute atomic E-state index is 11.7. The van der Waals surface area contributed by atoms with Crippen molar-refractivity contribution >= 4 is 12.0 Å². The summed E-state index contributed by atoms with van der Waals surface area (Å²) in [6, 6.07) is -0.439. The Morgan fingerprint density at radius 1 is 1.30 bits per heavy atom. The van der Waals surface area contributed by atoms with Gasteiger partial charge in [-0.1, -0.05) is 13.8 Å². The Labute approximate surface area is 120 Å². The van der Waals surface area contributed by atoms with Gasteiger partial charge < -0.3 is 25.2 Å². The third-order valence-corrected chi connectivity index (χ3v) is 2.85. The molecule has 0 radical (unpaired) electrons. The first kappa shape index (κ1) is 18.7. The van der Waals surface area contributed by atoms with Gasteiger partial charge in [0.25, 0.3) is 0 Å². The molecule has 0 aromatic carbocycles. The van der Waals surface area contributed by atoms with Crippen molar-refractivity contribution in [2.75, 3.05) is 26.9 Å². The fourth-order valence-corrected chi connectivity index (χ4v) is 1.51. The third kappa shape index (κ3) is 8.71. The van der Waals surface area contributed by atoms with E-state index in [9.17, 15) is 9.59 Å². The zero-order valence-corrected chi connectivity index (χ0v) is 12.6. The summed E-state index contributed by atoms with van der Waals surface area (Å²) >= 11 is 0. The first-order chi connectivity index (χ1) is 9.40. The number of hydrogen-bond donors (Lipinski definition) is 3. The topological polar surface area (TPSA) is 96.9 Å². The Kier molecular flexibility index (Phi) is 9.75. The predicted octanol–water partition coefficient (Wildman–Crippen LogP) is 0.836. The van der Waals surface area contributed by atoms with Crippen LogP contribution in [-0.4, -0.2) is 56.1 Å². The van der Waals surface area contributed by atoms with E-state index in [0.29, 0.717) is 13.2 Å². The van der Waals surface area contributed by atoms with Gasteiger partial charge in [-0.3, -0.25) is 4.79 Å². The molecule has 0 rings (SSSR count). The highest BCUT2D eigenvalue weighted by molar-refractivity contribution is 5.74. The van der Waals surface area contributed by atoms with E-state index < -0.39 is 12.1 Å². The number of carboxylic acid groups (broad SMARTS) is 1. The second kappa shape index (κ2) is 10.4. The zero-order chi connectivity index (χ0) is 15.5. The number of amides is 2. The molecule has 7 nitrogen and oxygen atoms in total. The molecule has 0 saturated carbocycles. The minimum atomic E-state index is -0.963. The molecule has 0 aliphatic rings. The number of urea groups is 1. The first-order valence-corrected chi connectivity index (χ1v) is 6.77. The molecule has 0 aromatic rings. The Bertz CT molecular complexity index is 296. The fourth-order valence-electron chi connectivity index (χ4n) is 1.51. The van der Waals surface area contributed by atoms with Gasteiger partial charge in [0.1, 0.15) is 0 Å². The number of hydrogen-bond acceptors (Lipinski definition) is 4. The van der Waals surface area contributed by atoms with Gasteiger partial charge in [0, 0.05) is 20.3 Å². The number of ether oxygens (including phenoxy) is 2. The third-order valence-electron chi connectivity index (χ3n) is 2.85. The zero-order valence-electron chi connectivity index (χ0n) is 12.6. The van der Waals surface area contributed by atoms with Crippen molar-refractivity contribution < 1.29 is 24.2 Å². The summed E-state index contributed by atoms with van der Waals surface area (Å²) in [6.45, 7) is 7.07. The Balaban J connectivity index is 4.14. The molecule has 0 fully saturated rings. The molecule has 3 N–H and O–H groups in total. The molecule has 0 aromatic heterocycles. The number of rotatable bonds is 10. The van der Waals surface area contributed by atoms with E-state index in [-0.39, 0.29) is 31.0 Å². The summed E-state index contributed by atoms with van der Waals surface area (Å²) in [7, 11) is 1.42. The van der Waals surface area contributed by atoms with Crippen LogP contribution in [0.3, 0.4) is 0 Å². The Morgan fingerprint density at radius 2 is 1.95 bits per heavy atom. The summed E-state index contributed by atoms with van der Waals surface area (Å²) < 4.78 is 10.3. The highest BCUT2D eigenvalue weighted by Gasteiger charge is 2.18. The van der Waals surface area contributed by atoms with Gasteiger partial charge in [0.2, 0.25) is 0 Å². The van der Waals surface area contributed by atoms with Crippen LogP contribution in [0.15, 0.2) is 0 Å². The minimum Gasteiger partial charge on any atom is -0.481 e. The van der Waals surface area contributed by atoms with Crippen LogP contribution in [0, 0.1) is 5.92 Å². The molecule has 0 aliphatic carbocycles. The number of carbonyl (C=O) groups is 2. The first-order valence-electron chi connectivity index (χ1n) is 6.77. The standard InChI is InChI=1S/C13H26N2O5/c1-5-20-8-11(9(2)3)15-13(18)14-7-10(19-4)6-12(16)17/h9-11H,5-8H2,1-4H3,(H,16,17)(H2,14,15,18). The van der Waals surface area contributed by atoms with E-state index in [1.165, 1.54) is 7.11 Å². The van der Waals surface area contributed by atoms with Crippen molar-refractivity contribution in [1.29, 1.82) is 0 Å². The van der Waals surface area contributed by atoms with E-state index in [0.717, 1.165) is 0 Å². The molecule has 2 amide bonds. The van der Waals surface area contributed by atoms with Crippen LogP contribution in [0.4, 0.5) is 4.79 Å². The van der Waals surface area contributed by atoms with Crippen LogP contribution >= 0.6 is 0 Å². The molecule has 20 heavy (non-hydrogen) atoms. The van der Waals surface area contributed by atoms with Crippen molar-refractivity contribution in [2.24, 2.45) is 5.92 Å². The van der Waals surface area contributed by atoms with E-state index >= 15 is 0 Å². The summed E-state index contributed by atoms with van der Waals surface area (Å²) in [4.78, 5) is 22.3. The Morgan fingerprint density at radius 3 is 2.40 bits per heavy atom. The molecule has 7 heteroatoms. The molecule has 0 bridgehead atoms. The number of methoxy groups -OCH3 is 1. The summed E-state index contributed by atoms with van der Waals surface area (Å²) in [5.74, 6) is -0.722. The monoisotopic (exact) mass is 290 g/mol. The van der Waals surface area contributed by atoms with Crippen LogP contribution in [0.1, 0.15) is 27.2 Å². The molecule has 118 valence electrons. The molecule has 0 aliphatic heterocycles.